The highest BCUT2D eigenvalue weighted by Gasteiger charge is 2.35. The highest BCUT2D eigenvalue weighted by atomic mass is 32.2. The predicted molar refractivity (Wildman–Crippen MR) is 114 cm³/mol. The zero-order valence-electron chi connectivity index (χ0n) is 17.7. The summed E-state index contributed by atoms with van der Waals surface area (Å²) < 4.78 is 27.7. The van der Waals surface area contributed by atoms with Gasteiger partial charge in [0.2, 0.25) is 15.9 Å². The SMILES string of the molecule is CC1CCCC(NC(=O)C2CCN(S(=O)(=O)c3ccc4c(c3)CCC4)CC2)C1C. The first-order chi connectivity index (χ1) is 13.9. The van der Waals surface area contributed by atoms with Crippen LogP contribution in [0.15, 0.2) is 23.1 Å². The standard InChI is InChI=1S/C23H34N2O3S/c1-16-5-3-8-22(17(16)2)24-23(26)19-11-13-25(14-12-19)29(27,28)21-10-9-18-6-4-7-20(18)15-21/h9-10,15-17,19,22H,3-8,11-14H2,1-2H3,(H,24,26). The zero-order valence-corrected chi connectivity index (χ0v) is 18.5. The van der Waals surface area contributed by atoms with Crippen LogP contribution in [0.4, 0.5) is 0 Å². The molecule has 1 heterocycles. The molecule has 6 heteroatoms. The van der Waals surface area contributed by atoms with E-state index in [-0.39, 0.29) is 17.9 Å². The average Bonchev–Trinajstić information content (AvgIpc) is 3.19. The van der Waals surface area contributed by atoms with E-state index >= 15 is 0 Å². The van der Waals surface area contributed by atoms with Crippen LogP contribution in [0.2, 0.25) is 0 Å². The molecule has 0 aromatic heterocycles. The van der Waals surface area contributed by atoms with Crippen molar-refractivity contribution in [3.63, 3.8) is 0 Å². The Kier molecular flexibility index (Phi) is 6.03. The van der Waals surface area contributed by atoms with Crippen LogP contribution in [0.1, 0.15) is 63.5 Å². The van der Waals surface area contributed by atoms with Gasteiger partial charge in [-0.05, 0) is 73.6 Å². The summed E-state index contributed by atoms with van der Waals surface area (Å²) in [5.41, 5.74) is 2.46. The molecule has 2 fully saturated rings. The van der Waals surface area contributed by atoms with Crippen LogP contribution in [0.3, 0.4) is 0 Å². The maximum atomic E-state index is 13.1. The van der Waals surface area contributed by atoms with E-state index in [4.69, 9.17) is 0 Å². The van der Waals surface area contributed by atoms with E-state index in [9.17, 15) is 13.2 Å². The second kappa shape index (κ2) is 8.38. The molecule has 0 radical (unpaired) electrons. The largest absolute Gasteiger partial charge is 0.353 e. The Hall–Kier alpha value is -1.40. The summed E-state index contributed by atoms with van der Waals surface area (Å²) >= 11 is 0. The lowest BCUT2D eigenvalue weighted by Gasteiger charge is -2.36. The van der Waals surface area contributed by atoms with Crippen LogP contribution in [0, 0.1) is 17.8 Å². The van der Waals surface area contributed by atoms with Gasteiger partial charge in [-0.25, -0.2) is 8.42 Å². The normalized spacial score (nSPS) is 28.8. The second-order valence-corrected chi connectivity index (χ2v) is 11.3. The molecule has 1 amide bonds. The molecular weight excluding hydrogens is 384 g/mol. The number of hydrogen-bond donors (Lipinski definition) is 1. The second-order valence-electron chi connectivity index (χ2n) is 9.34. The Labute approximate surface area is 175 Å². The van der Waals surface area contributed by atoms with Crippen molar-refractivity contribution >= 4 is 15.9 Å². The molecule has 2 aliphatic carbocycles. The van der Waals surface area contributed by atoms with Gasteiger partial charge in [0.25, 0.3) is 0 Å². The van der Waals surface area contributed by atoms with Gasteiger partial charge in [0.1, 0.15) is 0 Å². The molecule has 1 aromatic carbocycles. The van der Waals surface area contributed by atoms with Crippen molar-refractivity contribution in [2.24, 2.45) is 17.8 Å². The number of nitrogens with one attached hydrogen (secondary N) is 1. The third-order valence-corrected chi connectivity index (χ3v) is 9.46. The molecule has 1 aliphatic heterocycles. The van der Waals surface area contributed by atoms with Crippen LogP contribution in [0.25, 0.3) is 0 Å². The Morgan fingerprint density at radius 3 is 2.48 bits per heavy atom. The summed E-state index contributed by atoms with van der Waals surface area (Å²) in [6.07, 6.45) is 7.81. The van der Waals surface area contributed by atoms with E-state index in [0.717, 1.165) is 25.7 Å². The van der Waals surface area contributed by atoms with E-state index < -0.39 is 10.0 Å². The first-order valence-corrected chi connectivity index (χ1v) is 12.7. The summed E-state index contributed by atoms with van der Waals surface area (Å²) in [5.74, 6) is 1.19. The van der Waals surface area contributed by atoms with Crippen molar-refractivity contribution in [3.05, 3.63) is 29.3 Å². The van der Waals surface area contributed by atoms with Gasteiger partial charge in [-0.1, -0.05) is 32.8 Å². The quantitative estimate of drug-likeness (QED) is 0.814. The highest BCUT2D eigenvalue weighted by Crippen LogP contribution is 2.31. The third kappa shape index (κ3) is 4.24. The number of nitrogens with zero attached hydrogens (tertiary/aromatic N) is 1. The minimum absolute atomic E-state index is 0.0779. The molecule has 29 heavy (non-hydrogen) atoms. The zero-order chi connectivity index (χ0) is 20.6. The number of rotatable bonds is 4. The summed E-state index contributed by atoms with van der Waals surface area (Å²) in [4.78, 5) is 13.2. The Morgan fingerprint density at radius 2 is 1.72 bits per heavy atom. The van der Waals surface area contributed by atoms with Crippen molar-refractivity contribution in [3.8, 4) is 0 Å². The maximum absolute atomic E-state index is 13.1. The van der Waals surface area contributed by atoms with Gasteiger partial charge < -0.3 is 5.32 Å². The minimum Gasteiger partial charge on any atom is -0.353 e. The fourth-order valence-corrected chi connectivity index (χ4v) is 6.82. The summed E-state index contributed by atoms with van der Waals surface area (Å²) in [6.45, 7) is 5.36. The first-order valence-electron chi connectivity index (χ1n) is 11.3. The van der Waals surface area contributed by atoms with E-state index in [1.807, 2.05) is 12.1 Å². The van der Waals surface area contributed by atoms with Gasteiger partial charge in [0, 0.05) is 25.0 Å². The molecule has 0 bridgehead atoms. The van der Waals surface area contributed by atoms with Crippen LogP contribution in [-0.4, -0.2) is 37.8 Å². The molecule has 3 aliphatic rings. The highest BCUT2D eigenvalue weighted by molar-refractivity contribution is 7.89. The Bertz CT molecular complexity index is 859. The van der Waals surface area contributed by atoms with E-state index in [1.165, 1.54) is 24.0 Å². The van der Waals surface area contributed by atoms with E-state index in [2.05, 4.69) is 19.2 Å². The fraction of sp³-hybridized carbons (Fsp3) is 0.696. The molecule has 4 rings (SSSR count). The molecule has 3 atom stereocenters. The predicted octanol–water partition coefficient (Wildman–Crippen LogP) is 3.52. The van der Waals surface area contributed by atoms with Crippen LogP contribution < -0.4 is 5.32 Å². The van der Waals surface area contributed by atoms with Crippen molar-refractivity contribution in [2.75, 3.05) is 13.1 Å². The lowest BCUT2D eigenvalue weighted by molar-refractivity contribution is -0.127. The minimum atomic E-state index is -3.47. The Morgan fingerprint density at radius 1 is 1.00 bits per heavy atom. The summed E-state index contributed by atoms with van der Waals surface area (Å²) in [6, 6.07) is 5.85. The van der Waals surface area contributed by atoms with Crippen LogP contribution in [-0.2, 0) is 27.7 Å². The molecular formula is C23H34N2O3S. The molecule has 0 spiro atoms. The topological polar surface area (TPSA) is 66.5 Å². The van der Waals surface area contributed by atoms with Crippen LogP contribution in [0.5, 0.6) is 0 Å². The lowest BCUT2D eigenvalue weighted by atomic mass is 9.78. The van der Waals surface area contributed by atoms with Gasteiger partial charge in [-0.2, -0.15) is 4.31 Å². The molecule has 1 N–H and O–H groups in total. The number of benzene rings is 1. The van der Waals surface area contributed by atoms with Crippen molar-refractivity contribution in [2.45, 2.75) is 76.2 Å². The molecule has 3 unspecified atom stereocenters. The molecule has 1 saturated heterocycles. The summed E-state index contributed by atoms with van der Waals surface area (Å²) in [5, 5.41) is 3.28. The first kappa shape index (κ1) is 20.9. The van der Waals surface area contributed by atoms with E-state index in [0.29, 0.717) is 42.7 Å². The number of carbonyl (C=O) groups is 1. The third-order valence-electron chi connectivity index (χ3n) is 7.57. The fourth-order valence-electron chi connectivity index (χ4n) is 5.30. The van der Waals surface area contributed by atoms with Crippen molar-refractivity contribution in [1.29, 1.82) is 0 Å². The average molecular weight is 419 g/mol. The number of amides is 1. The van der Waals surface area contributed by atoms with Gasteiger partial charge in [-0.15, -0.1) is 0 Å². The molecule has 1 aromatic rings. The smallest absolute Gasteiger partial charge is 0.243 e. The number of hydrogen-bond acceptors (Lipinski definition) is 3. The number of carbonyl (C=O) groups excluding carboxylic acids is 1. The van der Waals surface area contributed by atoms with Gasteiger partial charge in [0.15, 0.2) is 0 Å². The van der Waals surface area contributed by atoms with Crippen molar-refractivity contribution < 1.29 is 13.2 Å². The lowest BCUT2D eigenvalue weighted by Crippen LogP contribution is -2.48. The molecule has 1 saturated carbocycles. The van der Waals surface area contributed by atoms with Crippen molar-refractivity contribution in [1.82, 2.24) is 9.62 Å². The van der Waals surface area contributed by atoms with Gasteiger partial charge >= 0.3 is 0 Å². The number of fused-ring (bicyclic) bond motifs is 1. The number of sulfonamides is 1. The monoisotopic (exact) mass is 418 g/mol. The van der Waals surface area contributed by atoms with E-state index in [1.54, 1.807) is 10.4 Å². The van der Waals surface area contributed by atoms with Gasteiger partial charge in [-0.3, -0.25) is 4.79 Å². The number of piperidine rings is 1. The molecule has 5 nitrogen and oxygen atoms in total. The van der Waals surface area contributed by atoms with Gasteiger partial charge in [0.05, 0.1) is 4.90 Å². The molecule has 160 valence electrons. The Balaban J connectivity index is 1.35. The maximum Gasteiger partial charge on any atom is 0.243 e. The number of aryl methyl sites for hydroxylation is 2. The summed E-state index contributed by atoms with van der Waals surface area (Å²) in [7, 11) is -3.47. The van der Waals surface area contributed by atoms with Crippen LogP contribution >= 0.6 is 0 Å².